The van der Waals surface area contributed by atoms with Crippen LogP contribution in [0.4, 0.5) is 0 Å². The van der Waals surface area contributed by atoms with Crippen LogP contribution in [0.15, 0.2) is 199 Å². The van der Waals surface area contributed by atoms with Crippen molar-refractivity contribution in [2.75, 3.05) is 0 Å². The van der Waals surface area contributed by atoms with E-state index >= 15 is 0 Å². The standard InChI is InChI=1S/C51H31N3O3/c1-3-13-30(14-4-1)49-52-50(31-15-5-2-6-16-31)54-51(53-49)32-25-26-45-40(27-32)42-29-33(34-19-11-20-37-35-17-7-9-23-43(35)55-46(34)37)28-41(48(42)57-45)39-22-12-21-38-36-18-8-10-24-44(36)56-47(38)39/h1-29,51H,(H,52,53,54). The molecule has 0 saturated carbocycles. The second kappa shape index (κ2) is 12.4. The van der Waals surface area contributed by atoms with Gasteiger partial charge >= 0.3 is 0 Å². The molecular formula is C51H31N3O3. The molecule has 11 aromatic rings. The number of rotatable bonds is 5. The van der Waals surface area contributed by atoms with E-state index in [1.165, 1.54) is 0 Å². The van der Waals surface area contributed by atoms with E-state index < -0.39 is 6.17 Å². The third kappa shape index (κ3) is 5.04. The molecule has 1 N–H and O–H groups in total. The molecule has 1 aliphatic rings. The average Bonchev–Trinajstić information content (AvgIpc) is 3.98. The number of nitrogens with zero attached hydrogens (tertiary/aromatic N) is 2. The van der Waals surface area contributed by atoms with Gasteiger partial charge in [-0.15, -0.1) is 0 Å². The highest BCUT2D eigenvalue weighted by Crippen LogP contribution is 2.45. The summed E-state index contributed by atoms with van der Waals surface area (Å²) in [6.07, 6.45) is -0.390. The van der Waals surface area contributed by atoms with Crippen molar-refractivity contribution in [1.82, 2.24) is 5.32 Å². The number of fused-ring (bicyclic) bond motifs is 9. The Balaban J connectivity index is 1.10. The summed E-state index contributed by atoms with van der Waals surface area (Å²) in [5.41, 5.74) is 11.8. The first-order valence-corrected chi connectivity index (χ1v) is 19.1. The number of benzene rings is 8. The quantitative estimate of drug-likeness (QED) is 0.191. The molecule has 0 radical (unpaired) electrons. The third-order valence-electron chi connectivity index (χ3n) is 11.1. The third-order valence-corrected chi connectivity index (χ3v) is 11.1. The van der Waals surface area contributed by atoms with Crippen molar-refractivity contribution >= 4 is 77.5 Å². The van der Waals surface area contributed by atoms with Gasteiger partial charge in [-0.05, 0) is 47.5 Å². The van der Waals surface area contributed by atoms with Crippen LogP contribution in [0.25, 0.3) is 88.1 Å². The fourth-order valence-corrected chi connectivity index (χ4v) is 8.43. The highest BCUT2D eigenvalue weighted by Gasteiger charge is 2.24. The summed E-state index contributed by atoms with van der Waals surface area (Å²) in [7, 11) is 0. The molecule has 0 saturated heterocycles. The smallest absolute Gasteiger partial charge is 0.159 e. The molecule has 1 aliphatic heterocycles. The van der Waals surface area contributed by atoms with Gasteiger partial charge in [-0.1, -0.05) is 140 Å². The number of hydrogen-bond acceptors (Lipinski definition) is 6. The van der Waals surface area contributed by atoms with Crippen molar-refractivity contribution in [3.8, 4) is 22.3 Å². The van der Waals surface area contributed by atoms with Crippen molar-refractivity contribution in [3.63, 3.8) is 0 Å². The molecule has 0 bridgehead atoms. The van der Waals surface area contributed by atoms with Crippen LogP contribution >= 0.6 is 0 Å². The topological polar surface area (TPSA) is 76.2 Å². The van der Waals surface area contributed by atoms with Crippen molar-refractivity contribution in [2.24, 2.45) is 9.98 Å². The molecule has 3 aromatic heterocycles. The Morgan fingerprint density at radius 3 is 1.65 bits per heavy atom. The van der Waals surface area contributed by atoms with Gasteiger partial charge in [0.05, 0.1) is 0 Å². The van der Waals surface area contributed by atoms with Crippen molar-refractivity contribution in [1.29, 1.82) is 0 Å². The molecule has 4 heterocycles. The van der Waals surface area contributed by atoms with Crippen molar-refractivity contribution < 1.29 is 13.3 Å². The van der Waals surface area contributed by atoms with E-state index in [2.05, 4.69) is 108 Å². The molecule has 1 unspecified atom stereocenters. The predicted molar refractivity (Wildman–Crippen MR) is 231 cm³/mol. The number of aliphatic imine (C=N–C) groups is 2. The van der Waals surface area contributed by atoms with Gasteiger partial charge < -0.3 is 18.6 Å². The lowest BCUT2D eigenvalue weighted by Crippen LogP contribution is -2.33. The minimum atomic E-state index is -0.390. The minimum absolute atomic E-state index is 0.390. The van der Waals surface area contributed by atoms with E-state index in [4.69, 9.17) is 23.2 Å². The largest absolute Gasteiger partial charge is 0.455 e. The molecule has 57 heavy (non-hydrogen) atoms. The molecular weight excluding hydrogens is 703 g/mol. The molecule has 12 rings (SSSR count). The zero-order chi connectivity index (χ0) is 37.5. The van der Waals surface area contributed by atoms with Crippen LogP contribution in [0.3, 0.4) is 0 Å². The van der Waals surface area contributed by atoms with Gasteiger partial charge in [-0.3, -0.25) is 0 Å². The van der Waals surface area contributed by atoms with Gasteiger partial charge in [0, 0.05) is 60.1 Å². The molecule has 0 amide bonds. The van der Waals surface area contributed by atoms with Crippen LogP contribution in [0.2, 0.25) is 0 Å². The summed E-state index contributed by atoms with van der Waals surface area (Å²) in [6, 6.07) is 60.3. The number of amidine groups is 2. The lowest BCUT2D eigenvalue weighted by Gasteiger charge is -2.23. The van der Waals surface area contributed by atoms with E-state index in [1.54, 1.807) is 0 Å². The van der Waals surface area contributed by atoms with E-state index in [-0.39, 0.29) is 0 Å². The fraction of sp³-hybridized carbons (Fsp3) is 0.0196. The summed E-state index contributed by atoms with van der Waals surface area (Å²) < 4.78 is 20.1. The van der Waals surface area contributed by atoms with Crippen molar-refractivity contribution in [3.05, 3.63) is 193 Å². The van der Waals surface area contributed by atoms with Crippen molar-refractivity contribution in [2.45, 2.75) is 6.17 Å². The average molecular weight is 734 g/mol. The summed E-state index contributed by atoms with van der Waals surface area (Å²) in [5.74, 6) is 1.45. The summed E-state index contributed by atoms with van der Waals surface area (Å²) in [4.78, 5) is 10.2. The molecule has 0 aliphatic carbocycles. The van der Waals surface area contributed by atoms with E-state index in [0.717, 1.165) is 111 Å². The second-order valence-corrected chi connectivity index (χ2v) is 14.5. The van der Waals surface area contributed by atoms with Crippen LogP contribution in [0.5, 0.6) is 0 Å². The number of furan rings is 3. The maximum atomic E-state index is 6.87. The van der Waals surface area contributed by atoms with Gasteiger partial charge in [0.1, 0.15) is 45.5 Å². The molecule has 8 aromatic carbocycles. The maximum Gasteiger partial charge on any atom is 0.159 e. The van der Waals surface area contributed by atoms with Gasteiger partial charge in [0.2, 0.25) is 0 Å². The number of hydrogen-bond donors (Lipinski definition) is 1. The first kappa shape index (κ1) is 31.6. The summed E-state index contributed by atoms with van der Waals surface area (Å²) in [6.45, 7) is 0. The zero-order valence-electron chi connectivity index (χ0n) is 30.4. The SMILES string of the molecule is c1ccc(C2=NC(c3ccc4oc5c(-c6cccc7c6oc6ccccc67)cc(-c6cccc7c6oc6ccccc67)cc5c4c3)NC(c3ccccc3)=N2)cc1. The first-order valence-electron chi connectivity index (χ1n) is 19.1. The van der Waals surface area contributed by atoms with E-state index in [1.807, 2.05) is 72.8 Å². The van der Waals surface area contributed by atoms with Crippen LogP contribution < -0.4 is 5.32 Å². The van der Waals surface area contributed by atoms with Gasteiger partial charge in [-0.2, -0.15) is 0 Å². The Hall–Kier alpha value is -7.70. The van der Waals surface area contributed by atoms with Crippen LogP contribution in [-0.2, 0) is 0 Å². The van der Waals surface area contributed by atoms with Crippen LogP contribution in [0.1, 0.15) is 22.9 Å². The minimum Gasteiger partial charge on any atom is -0.455 e. The molecule has 0 fully saturated rings. The Labute approximate surface area is 326 Å². The second-order valence-electron chi connectivity index (χ2n) is 14.5. The summed E-state index contributed by atoms with van der Waals surface area (Å²) >= 11 is 0. The maximum absolute atomic E-state index is 6.87. The first-order chi connectivity index (χ1) is 28.2. The van der Waals surface area contributed by atoms with Crippen LogP contribution in [-0.4, -0.2) is 11.7 Å². The Morgan fingerprint density at radius 2 is 0.947 bits per heavy atom. The van der Waals surface area contributed by atoms with Gasteiger partial charge in [0.15, 0.2) is 5.84 Å². The van der Waals surface area contributed by atoms with Gasteiger partial charge in [-0.25, -0.2) is 9.98 Å². The number of para-hydroxylation sites is 4. The molecule has 6 heteroatoms. The molecule has 1 atom stereocenters. The van der Waals surface area contributed by atoms with Crippen LogP contribution in [0, 0.1) is 0 Å². The van der Waals surface area contributed by atoms with Gasteiger partial charge in [0.25, 0.3) is 0 Å². The van der Waals surface area contributed by atoms with E-state index in [9.17, 15) is 0 Å². The molecule has 0 spiro atoms. The Kier molecular flexibility index (Phi) is 6.89. The molecule has 6 nitrogen and oxygen atoms in total. The highest BCUT2D eigenvalue weighted by atomic mass is 16.3. The monoisotopic (exact) mass is 733 g/mol. The lowest BCUT2D eigenvalue weighted by atomic mass is 9.93. The Bertz CT molecular complexity index is 3440. The molecule has 268 valence electrons. The predicted octanol–water partition coefficient (Wildman–Crippen LogP) is 13.2. The normalized spacial score (nSPS) is 14.5. The summed E-state index contributed by atoms with van der Waals surface area (Å²) in [5, 5.41) is 9.92. The highest BCUT2D eigenvalue weighted by molar-refractivity contribution is 6.18. The lowest BCUT2D eigenvalue weighted by molar-refractivity contribution is 0.662. The Morgan fingerprint density at radius 1 is 0.386 bits per heavy atom. The van der Waals surface area contributed by atoms with E-state index in [0.29, 0.717) is 5.84 Å². The zero-order valence-corrected chi connectivity index (χ0v) is 30.4. The fourth-order valence-electron chi connectivity index (χ4n) is 8.43. The number of nitrogens with one attached hydrogen (secondary N) is 1.